The molecule has 9 heteroatoms. The summed E-state index contributed by atoms with van der Waals surface area (Å²) in [4.78, 5) is 21.1. The van der Waals surface area contributed by atoms with Gasteiger partial charge >= 0.3 is 0 Å². The van der Waals surface area contributed by atoms with Gasteiger partial charge in [0.2, 0.25) is 5.91 Å². The number of hydrogen-bond acceptors (Lipinski definition) is 6. The molecule has 0 atom stereocenters. The van der Waals surface area contributed by atoms with Crippen LogP contribution in [0.25, 0.3) is 17.6 Å². The van der Waals surface area contributed by atoms with Gasteiger partial charge in [-0.05, 0) is 39.0 Å². The van der Waals surface area contributed by atoms with Gasteiger partial charge in [0.25, 0.3) is 0 Å². The second-order valence-corrected chi connectivity index (χ2v) is 7.25. The van der Waals surface area contributed by atoms with Crippen molar-refractivity contribution in [1.29, 1.82) is 0 Å². The van der Waals surface area contributed by atoms with Crippen molar-refractivity contribution in [1.82, 2.24) is 29.5 Å². The Morgan fingerprint density at radius 2 is 1.78 bits per heavy atom. The van der Waals surface area contributed by atoms with Gasteiger partial charge < -0.3 is 10.6 Å². The minimum Gasteiger partial charge on any atom is -0.373 e. The molecule has 3 heterocycles. The van der Waals surface area contributed by atoms with Crippen molar-refractivity contribution in [3.8, 4) is 11.5 Å². The van der Waals surface area contributed by atoms with Crippen molar-refractivity contribution in [3.05, 3.63) is 77.5 Å². The molecule has 4 aromatic rings. The second-order valence-electron chi connectivity index (χ2n) is 7.25. The fourth-order valence-electron chi connectivity index (χ4n) is 3.41. The monoisotopic (exact) mass is 428 g/mol. The third-order valence-electron chi connectivity index (χ3n) is 4.96. The fraction of sp³-hybridized carbons (Fsp3) is 0.174. The van der Waals surface area contributed by atoms with Crippen molar-refractivity contribution in [2.45, 2.75) is 20.8 Å². The number of nitrogens with zero attached hydrogens (tertiary/aromatic N) is 6. The standard InChI is InChI=1S/C23H24N8O/c1-15-12-22(31(28-15)21-13-20(24-4)25-14-26-21)27-23(32)11-10-19-16(2)29-30(17(19)3)18-8-6-5-7-9-18/h5-14H,1-4H3,(H,27,32)(H,24,25,26). The zero-order chi connectivity index (χ0) is 22.7. The quantitative estimate of drug-likeness (QED) is 0.456. The number of aryl methyl sites for hydroxylation is 2. The molecule has 0 bridgehead atoms. The van der Waals surface area contributed by atoms with E-state index in [1.165, 1.54) is 12.4 Å². The number of carbonyl (C=O) groups excluding carboxylic acids is 1. The maximum atomic E-state index is 12.7. The zero-order valence-electron chi connectivity index (χ0n) is 18.4. The van der Waals surface area contributed by atoms with Crippen molar-refractivity contribution >= 4 is 23.6 Å². The Morgan fingerprint density at radius 3 is 2.53 bits per heavy atom. The SMILES string of the molecule is CNc1cc(-n2nc(C)cc2NC(=O)C=Cc2c(C)nn(-c3ccccc3)c2C)ncn1. The Hall–Kier alpha value is -4.27. The number of anilines is 2. The van der Waals surface area contributed by atoms with Crippen LogP contribution in [-0.4, -0.2) is 42.5 Å². The van der Waals surface area contributed by atoms with Crippen LogP contribution in [0.2, 0.25) is 0 Å². The lowest BCUT2D eigenvalue weighted by atomic mass is 10.2. The first-order valence-electron chi connectivity index (χ1n) is 10.1. The number of benzene rings is 1. The predicted molar refractivity (Wildman–Crippen MR) is 124 cm³/mol. The summed E-state index contributed by atoms with van der Waals surface area (Å²) in [5, 5.41) is 14.9. The topological polar surface area (TPSA) is 103 Å². The summed E-state index contributed by atoms with van der Waals surface area (Å²) in [6, 6.07) is 13.4. The van der Waals surface area contributed by atoms with E-state index in [0.29, 0.717) is 17.5 Å². The van der Waals surface area contributed by atoms with Crippen molar-refractivity contribution in [2.75, 3.05) is 17.7 Å². The van der Waals surface area contributed by atoms with E-state index in [9.17, 15) is 4.79 Å². The Balaban J connectivity index is 1.56. The summed E-state index contributed by atoms with van der Waals surface area (Å²) in [5.41, 5.74) is 4.44. The van der Waals surface area contributed by atoms with Crippen molar-refractivity contribution in [3.63, 3.8) is 0 Å². The Kier molecular flexibility index (Phi) is 5.80. The highest BCUT2D eigenvalue weighted by molar-refractivity contribution is 6.01. The highest BCUT2D eigenvalue weighted by Crippen LogP contribution is 2.20. The van der Waals surface area contributed by atoms with Crippen LogP contribution in [0, 0.1) is 20.8 Å². The molecule has 9 nitrogen and oxygen atoms in total. The summed E-state index contributed by atoms with van der Waals surface area (Å²) < 4.78 is 3.45. The second kappa shape index (κ2) is 8.84. The molecular formula is C23H24N8O. The molecule has 0 aliphatic heterocycles. The highest BCUT2D eigenvalue weighted by Gasteiger charge is 2.13. The lowest BCUT2D eigenvalue weighted by Crippen LogP contribution is -2.13. The highest BCUT2D eigenvalue weighted by atomic mass is 16.1. The Bertz CT molecular complexity index is 1290. The molecule has 32 heavy (non-hydrogen) atoms. The van der Waals surface area contributed by atoms with Gasteiger partial charge in [-0.2, -0.15) is 14.9 Å². The van der Waals surface area contributed by atoms with E-state index >= 15 is 0 Å². The average molecular weight is 429 g/mol. The molecule has 0 fully saturated rings. The maximum Gasteiger partial charge on any atom is 0.249 e. The first-order valence-corrected chi connectivity index (χ1v) is 10.1. The summed E-state index contributed by atoms with van der Waals surface area (Å²) in [6.45, 7) is 5.77. The van der Waals surface area contributed by atoms with Gasteiger partial charge in [-0.3, -0.25) is 4.79 Å². The zero-order valence-corrected chi connectivity index (χ0v) is 18.4. The molecule has 162 valence electrons. The third kappa shape index (κ3) is 4.27. The minimum atomic E-state index is -0.277. The number of carbonyl (C=O) groups is 1. The molecule has 4 rings (SSSR count). The maximum absolute atomic E-state index is 12.7. The first kappa shape index (κ1) is 21.0. The van der Waals surface area contributed by atoms with E-state index in [4.69, 9.17) is 0 Å². The fourth-order valence-corrected chi connectivity index (χ4v) is 3.41. The van der Waals surface area contributed by atoms with E-state index in [-0.39, 0.29) is 5.91 Å². The first-order chi connectivity index (χ1) is 15.5. The van der Waals surface area contributed by atoms with E-state index in [1.807, 2.05) is 55.8 Å². The van der Waals surface area contributed by atoms with E-state index < -0.39 is 0 Å². The molecule has 0 aliphatic rings. The number of rotatable bonds is 6. The molecule has 0 aliphatic carbocycles. The van der Waals surface area contributed by atoms with Gasteiger partial charge in [0, 0.05) is 36.5 Å². The van der Waals surface area contributed by atoms with E-state index in [0.717, 1.165) is 28.3 Å². The molecule has 0 unspecified atom stereocenters. The molecule has 1 amide bonds. The van der Waals surface area contributed by atoms with Gasteiger partial charge in [-0.15, -0.1) is 0 Å². The smallest absolute Gasteiger partial charge is 0.249 e. The van der Waals surface area contributed by atoms with E-state index in [2.05, 4.69) is 30.8 Å². The van der Waals surface area contributed by atoms with Crippen LogP contribution in [0.3, 0.4) is 0 Å². The number of hydrogen-bond donors (Lipinski definition) is 2. The molecular weight excluding hydrogens is 404 g/mol. The van der Waals surface area contributed by atoms with Crippen molar-refractivity contribution in [2.24, 2.45) is 0 Å². The van der Waals surface area contributed by atoms with Crippen LogP contribution in [-0.2, 0) is 4.79 Å². The summed E-state index contributed by atoms with van der Waals surface area (Å²) in [6.07, 6.45) is 4.72. The summed E-state index contributed by atoms with van der Waals surface area (Å²) in [5.74, 6) is 1.45. The van der Waals surface area contributed by atoms with Gasteiger partial charge in [0.1, 0.15) is 18.0 Å². The van der Waals surface area contributed by atoms with Gasteiger partial charge in [-0.25, -0.2) is 14.6 Å². The molecule has 1 aromatic carbocycles. The normalized spacial score (nSPS) is 11.1. The van der Waals surface area contributed by atoms with Gasteiger partial charge in [-0.1, -0.05) is 18.2 Å². The molecule has 0 spiro atoms. The van der Waals surface area contributed by atoms with Gasteiger partial charge in [0.15, 0.2) is 5.82 Å². The van der Waals surface area contributed by atoms with Gasteiger partial charge in [0.05, 0.1) is 17.1 Å². The summed E-state index contributed by atoms with van der Waals surface area (Å²) >= 11 is 0. The summed E-state index contributed by atoms with van der Waals surface area (Å²) in [7, 11) is 1.78. The van der Waals surface area contributed by atoms with E-state index in [1.54, 1.807) is 29.9 Å². The Labute approximate surface area is 185 Å². The largest absolute Gasteiger partial charge is 0.373 e. The molecule has 0 radical (unpaired) electrons. The lowest BCUT2D eigenvalue weighted by Gasteiger charge is -2.07. The number of aromatic nitrogens is 6. The number of amides is 1. The van der Waals surface area contributed by atoms with Crippen LogP contribution < -0.4 is 10.6 Å². The minimum absolute atomic E-state index is 0.277. The lowest BCUT2D eigenvalue weighted by molar-refractivity contribution is -0.111. The van der Waals surface area contributed by atoms with Crippen molar-refractivity contribution < 1.29 is 4.79 Å². The molecule has 3 aromatic heterocycles. The molecule has 0 saturated carbocycles. The molecule has 0 saturated heterocycles. The Morgan fingerprint density at radius 1 is 1.00 bits per heavy atom. The number of para-hydroxylation sites is 1. The van der Waals surface area contributed by atoms with Crippen LogP contribution in [0.4, 0.5) is 11.6 Å². The number of nitrogens with one attached hydrogen (secondary N) is 2. The van der Waals surface area contributed by atoms with Crippen LogP contribution in [0.1, 0.15) is 22.6 Å². The molecule has 2 N–H and O–H groups in total. The van der Waals surface area contributed by atoms with Crippen LogP contribution in [0.15, 0.2) is 54.9 Å². The predicted octanol–water partition coefficient (Wildman–Crippen LogP) is 3.47. The van der Waals surface area contributed by atoms with Crippen LogP contribution in [0.5, 0.6) is 0 Å². The van der Waals surface area contributed by atoms with Crippen LogP contribution >= 0.6 is 0 Å². The third-order valence-corrected chi connectivity index (χ3v) is 4.96. The average Bonchev–Trinajstić information content (AvgIpc) is 3.31.